The molecule has 0 amide bonds. The Bertz CT molecular complexity index is 606. The third-order valence-corrected chi connectivity index (χ3v) is 4.52. The number of aromatic nitrogens is 1. The van der Waals surface area contributed by atoms with Crippen LogP contribution in [0.3, 0.4) is 0 Å². The van der Waals surface area contributed by atoms with Gasteiger partial charge in [0.05, 0.1) is 18.0 Å². The summed E-state index contributed by atoms with van der Waals surface area (Å²) in [4.78, 5) is 4.11. The first-order chi connectivity index (χ1) is 9.74. The molecular weight excluding hydrogens is 250 g/mol. The minimum atomic E-state index is 0.0274. The van der Waals surface area contributed by atoms with Gasteiger partial charge in [0, 0.05) is 35.1 Å². The van der Waals surface area contributed by atoms with E-state index in [-0.39, 0.29) is 12.0 Å². The summed E-state index contributed by atoms with van der Waals surface area (Å²) in [5, 5.41) is 15.2. The lowest BCUT2D eigenvalue weighted by atomic mass is 9.87. The van der Waals surface area contributed by atoms with Crippen LogP contribution >= 0.6 is 0 Å². The molecule has 3 rings (SSSR count). The van der Waals surface area contributed by atoms with E-state index >= 15 is 0 Å². The Morgan fingerprint density at radius 3 is 2.80 bits per heavy atom. The van der Waals surface area contributed by atoms with Crippen molar-refractivity contribution in [1.82, 2.24) is 4.98 Å². The summed E-state index contributed by atoms with van der Waals surface area (Å²) in [7, 11) is 0. The Kier molecular flexibility index (Phi) is 3.49. The molecule has 0 aliphatic heterocycles. The minimum Gasteiger partial charge on any atom is -0.397 e. The van der Waals surface area contributed by atoms with Gasteiger partial charge in [-0.15, -0.1) is 0 Å². The molecule has 1 fully saturated rings. The molecule has 4 nitrogen and oxygen atoms in total. The van der Waals surface area contributed by atoms with Gasteiger partial charge in [-0.05, 0) is 25.0 Å². The lowest BCUT2D eigenvalue weighted by Gasteiger charge is -2.27. The molecule has 1 saturated carbocycles. The monoisotopic (exact) mass is 271 g/mol. The van der Waals surface area contributed by atoms with E-state index in [1.165, 1.54) is 12.8 Å². The number of nitrogen functional groups attached to an aromatic ring is 1. The highest BCUT2D eigenvalue weighted by atomic mass is 16.3. The number of fused-ring (bicyclic) bond motifs is 1. The van der Waals surface area contributed by atoms with Crippen LogP contribution in [0.15, 0.2) is 30.6 Å². The molecular formula is C16H21N3O. The van der Waals surface area contributed by atoms with E-state index in [0.29, 0.717) is 0 Å². The van der Waals surface area contributed by atoms with Crippen LogP contribution in [0.1, 0.15) is 25.7 Å². The molecule has 1 heterocycles. The maximum Gasteiger partial charge on any atom is 0.0630 e. The van der Waals surface area contributed by atoms with Crippen LogP contribution in [0.25, 0.3) is 10.8 Å². The zero-order chi connectivity index (χ0) is 14.0. The van der Waals surface area contributed by atoms with Gasteiger partial charge < -0.3 is 16.2 Å². The average molecular weight is 271 g/mol. The highest BCUT2D eigenvalue weighted by Crippen LogP contribution is 2.38. The van der Waals surface area contributed by atoms with Crippen molar-refractivity contribution in [3.63, 3.8) is 0 Å². The number of benzene rings is 1. The third kappa shape index (κ3) is 2.31. The van der Waals surface area contributed by atoms with E-state index in [9.17, 15) is 5.11 Å². The summed E-state index contributed by atoms with van der Waals surface area (Å²) in [6, 6.07) is 5.97. The topological polar surface area (TPSA) is 71.2 Å². The predicted octanol–water partition coefficient (Wildman–Crippen LogP) is 2.78. The van der Waals surface area contributed by atoms with Gasteiger partial charge in [-0.2, -0.15) is 0 Å². The number of rotatable bonds is 4. The van der Waals surface area contributed by atoms with Crippen LogP contribution in [0.4, 0.5) is 11.4 Å². The van der Waals surface area contributed by atoms with Gasteiger partial charge in [0.25, 0.3) is 0 Å². The first-order valence-corrected chi connectivity index (χ1v) is 7.21. The van der Waals surface area contributed by atoms with E-state index in [1.54, 1.807) is 6.20 Å². The van der Waals surface area contributed by atoms with Gasteiger partial charge in [0.15, 0.2) is 0 Å². The second-order valence-electron chi connectivity index (χ2n) is 5.84. The molecule has 0 saturated heterocycles. The fourth-order valence-corrected chi connectivity index (χ4v) is 3.15. The fourth-order valence-electron chi connectivity index (χ4n) is 3.15. The smallest absolute Gasteiger partial charge is 0.0630 e. The molecule has 1 aromatic carbocycles. The van der Waals surface area contributed by atoms with Crippen molar-refractivity contribution in [2.75, 3.05) is 24.2 Å². The number of anilines is 2. The zero-order valence-corrected chi connectivity index (χ0v) is 11.6. The Hall–Kier alpha value is -1.81. The number of aliphatic hydroxyl groups excluding tert-OH is 1. The molecule has 0 atom stereocenters. The van der Waals surface area contributed by atoms with Crippen LogP contribution in [-0.4, -0.2) is 23.2 Å². The van der Waals surface area contributed by atoms with E-state index in [1.807, 2.05) is 24.4 Å². The Balaban J connectivity index is 1.82. The molecule has 4 N–H and O–H groups in total. The Morgan fingerprint density at radius 1 is 1.25 bits per heavy atom. The highest BCUT2D eigenvalue weighted by Gasteiger charge is 2.33. The number of aliphatic hydroxyl groups is 1. The van der Waals surface area contributed by atoms with E-state index in [2.05, 4.69) is 10.3 Å². The summed E-state index contributed by atoms with van der Waals surface area (Å²) in [6.45, 7) is 1.03. The zero-order valence-electron chi connectivity index (χ0n) is 11.6. The number of hydrogen-bond donors (Lipinski definition) is 3. The van der Waals surface area contributed by atoms with Gasteiger partial charge in [-0.3, -0.25) is 4.98 Å². The standard InChI is InChI=1S/C16H21N3O/c17-15-13-5-8-18-9-12(13)3-4-14(15)19-10-16(11-20)6-1-2-7-16/h3-5,8-9,19-20H,1-2,6-7,10-11,17H2. The number of pyridine rings is 1. The summed E-state index contributed by atoms with van der Waals surface area (Å²) in [6.07, 6.45) is 8.18. The molecule has 0 bridgehead atoms. The number of nitrogens with zero attached hydrogens (tertiary/aromatic N) is 1. The number of hydrogen-bond acceptors (Lipinski definition) is 4. The van der Waals surface area contributed by atoms with Crippen molar-refractivity contribution in [1.29, 1.82) is 0 Å². The van der Waals surface area contributed by atoms with Gasteiger partial charge in [-0.1, -0.05) is 18.9 Å². The van der Waals surface area contributed by atoms with E-state index in [4.69, 9.17) is 5.73 Å². The Morgan fingerprint density at radius 2 is 2.05 bits per heavy atom. The summed E-state index contributed by atoms with van der Waals surface area (Å²) < 4.78 is 0. The van der Waals surface area contributed by atoms with Crippen molar-refractivity contribution >= 4 is 22.1 Å². The maximum absolute atomic E-state index is 9.66. The first kappa shape index (κ1) is 13.2. The summed E-state index contributed by atoms with van der Waals surface area (Å²) in [5.41, 5.74) is 7.97. The predicted molar refractivity (Wildman–Crippen MR) is 82.6 cm³/mol. The van der Waals surface area contributed by atoms with Crippen LogP contribution < -0.4 is 11.1 Å². The van der Waals surface area contributed by atoms with Gasteiger partial charge in [0.2, 0.25) is 0 Å². The van der Waals surface area contributed by atoms with Gasteiger partial charge in [0.1, 0.15) is 0 Å². The second-order valence-corrected chi connectivity index (χ2v) is 5.84. The molecule has 0 spiro atoms. The van der Waals surface area contributed by atoms with E-state index < -0.39 is 0 Å². The van der Waals surface area contributed by atoms with Crippen molar-refractivity contribution in [2.24, 2.45) is 5.41 Å². The SMILES string of the molecule is Nc1c(NCC2(CO)CCCC2)ccc2cnccc12. The van der Waals surface area contributed by atoms with Crippen molar-refractivity contribution in [3.05, 3.63) is 30.6 Å². The molecule has 1 aromatic heterocycles. The fraction of sp³-hybridized carbons (Fsp3) is 0.438. The normalized spacial score (nSPS) is 17.4. The third-order valence-electron chi connectivity index (χ3n) is 4.52. The highest BCUT2D eigenvalue weighted by molar-refractivity contribution is 5.98. The van der Waals surface area contributed by atoms with Crippen LogP contribution in [-0.2, 0) is 0 Å². The van der Waals surface area contributed by atoms with Crippen LogP contribution in [0.2, 0.25) is 0 Å². The molecule has 2 aromatic rings. The second kappa shape index (κ2) is 5.29. The lowest BCUT2D eigenvalue weighted by Crippen LogP contribution is -2.30. The average Bonchev–Trinajstić information content (AvgIpc) is 2.96. The van der Waals surface area contributed by atoms with Gasteiger partial charge >= 0.3 is 0 Å². The van der Waals surface area contributed by atoms with Crippen molar-refractivity contribution in [3.8, 4) is 0 Å². The minimum absolute atomic E-state index is 0.0274. The molecule has 0 radical (unpaired) electrons. The van der Waals surface area contributed by atoms with Crippen molar-refractivity contribution in [2.45, 2.75) is 25.7 Å². The molecule has 20 heavy (non-hydrogen) atoms. The Labute approximate surface area is 119 Å². The first-order valence-electron chi connectivity index (χ1n) is 7.21. The molecule has 1 aliphatic rings. The lowest BCUT2D eigenvalue weighted by molar-refractivity contribution is 0.142. The van der Waals surface area contributed by atoms with Crippen LogP contribution in [0, 0.1) is 5.41 Å². The molecule has 106 valence electrons. The summed E-state index contributed by atoms with van der Waals surface area (Å²) in [5.74, 6) is 0. The number of nitrogens with one attached hydrogen (secondary N) is 1. The van der Waals surface area contributed by atoms with Gasteiger partial charge in [-0.25, -0.2) is 0 Å². The van der Waals surface area contributed by atoms with E-state index in [0.717, 1.165) is 41.5 Å². The van der Waals surface area contributed by atoms with Crippen LogP contribution in [0.5, 0.6) is 0 Å². The summed E-state index contributed by atoms with van der Waals surface area (Å²) >= 11 is 0. The molecule has 0 unspecified atom stereocenters. The quantitative estimate of drug-likeness (QED) is 0.748. The largest absolute Gasteiger partial charge is 0.397 e. The molecule has 1 aliphatic carbocycles. The maximum atomic E-state index is 9.66. The number of nitrogens with two attached hydrogens (primary N) is 1. The molecule has 4 heteroatoms. The van der Waals surface area contributed by atoms with Crippen molar-refractivity contribution < 1.29 is 5.11 Å².